The zero-order valence-corrected chi connectivity index (χ0v) is 4.57. The van der Waals surface area contributed by atoms with Gasteiger partial charge in [-0.1, -0.05) is 6.08 Å². The van der Waals surface area contributed by atoms with Crippen LogP contribution in [0.2, 0.25) is 0 Å². The molecule has 0 aliphatic carbocycles. The van der Waals surface area contributed by atoms with Crippen LogP contribution in [0.5, 0.6) is 0 Å². The Balaban J connectivity index is 0. The summed E-state index contributed by atoms with van der Waals surface area (Å²) < 4.78 is 0. The van der Waals surface area contributed by atoms with E-state index in [2.05, 4.69) is 6.58 Å². The molecule has 0 amide bonds. The predicted molar refractivity (Wildman–Crippen MR) is 38.9 cm³/mol. The number of hydrogen-bond acceptors (Lipinski definition) is 2. The lowest BCUT2D eigenvalue weighted by Gasteiger charge is -1.96. The average Bonchev–Trinajstić information content (AvgIpc) is 1.64. The van der Waals surface area contributed by atoms with Crippen molar-refractivity contribution in [1.29, 1.82) is 0 Å². The Morgan fingerprint density at radius 1 is 1.30 bits per heavy atom. The van der Waals surface area contributed by atoms with Crippen molar-refractivity contribution in [3.63, 3.8) is 0 Å². The Labute approximate surface area is 68.3 Å². The maximum Gasteiger partial charge on any atom is 0.321 e. The predicted octanol–water partition coefficient (Wildman–Crippen LogP) is -1.23. The van der Waals surface area contributed by atoms with Gasteiger partial charge in [0.1, 0.15) is 0 Å². The van der Waals surface area contributed by atoms with Crippen molar-refractivity contribution in [3.05, 3.63) is 12.7 Å². The van der Waals surface area contributed by atoms with Crippen molar-refractivity contribution in [2.75, 3.05) is 0 Å². The lowest BCUT2D eigenvalue weighted by atomic mass is 10.1. The summed E-state index contributed by atoms with van der Waals surface area (Å²) in [7, 11) is 0. The van der Waals surface area contributed by atoms with Gasteiger partial charge in [-0.15, -0.1) is 6.58 Å². The molecule has 0 spiro atoms. The van der Waals surface area contributed by atoms with Crippen LogP contribution in [-0.4, -0.2) is 39.5 Å². The van der Waals surface area contributed by atoms with E-state index in [1.54, 1.807) is 0 Å². The molecule has 5 heteroatoms. The molecule has 0 unspecified atom stereocenters. The molecular formula is C5H9AlO4. The van der Waals surface area contributed by atoms with Crippen molar-refractivity contribution >= 4 is 29.3 Å². The van der Waals surface area contributed by atoms with Gasteiger partial charge < -0.3 is 10.2 Å². The summed E-state index contributed by atoms with van der Waals surface area (Å²) in [5, 5.41) is 16.2. The first kappa shape index (κ1) is 11.9. The lowest BCUT2D eigenvalue weighted by molar-refractivity contribution is -0.151. The minimum atomic E-state index is -1.48. The van der Waals surface area contributed by atoms with Gasteiger partial charge in [0.25, 0.3) is 0 Å². The molecule has 0 aliphatic rings. The van der Waals surface area contributed by atoms with Gasteiger partial charge in [0, 0.05) is 0 Å². The maximum absolute atomic E-state index is 9.92. The summed E-state index contributed by atoms with van der Waals surface area (Å²) in [6.45, 7) is 3.04. The fourth-order valence-electron chi connectivity index (χ4n) is 0.307. The molecule has 0 atom stereocenters. The molecule has 0 aliphatic heterocycles. The Morgan fingerprint density at radius 2 is 1.60 bits per heavy atom. The number of carbonyl (C=O) groups is 2. The standard InChI is InChI=1S/C5H6O4.Al.3H/c1-2-3(4(6)7)5(8)9;;;;/h2-3H,1H2,(H,6,7)(H,8,9);;;;. The summed E-state index contributed by atoms with van der Waals surface area (Å²) >= 11 is 0. The Kier molecular flexibility index (Phi) is 6.01. The summed E-state index contributed by atoms with van der Waals surface area (Å²) in [4.78, 5) is 19.8. The third-order valence-corrected chi connectivity index (χ3v) is 0.768. The monoisotopic (exact) mass is 160 g/mol. The lowest BCUT2D eigenvalue weighted by Crippen LogP contribution is -2.20. The van der Waals surface area contributed by atoms with Gasteiger partial charge >= 0.3 is 11.9 Å². The molecule has 4 nitrogen and oxygen atoms in total. The van der Waals surface area contributed by atoms with E-state index in [1.165, 1.54) is 0 Å². The van der Waals surface area contributed by atoms with Crippen molar-refractivity contribution in [1.82, 2.24) is 0 Å². The summed E-state index contributed by atoms with van der Waals surface area (Å²) in [5.74, 6) is -4.26. The molecule has 0 saturated carbocycles. The zero-order valence-electron chi connectivity index (χ0n) is 4.57. The van der Waals surface area contributed by atoms with E-state index in [-0.39, 0.29) is 17.4 Å². The summed E-state index contributed by atoms with van der Waals surface area (Å²) in [6.07, 6.45) is 0.866. The number of hydrogen-bond donors (Lipinski definition) is 2. The van der Waals surface area contributed by atoms with Gasteiger partial charge in [-0.2, -0.15) is 0 Å². The molecule has 0 fully saturated rings. The molecule has 2 N–H and O–H groups in total. The van der Waals surface area contributed by atoms with Gasteiger partial charge in [-0.05, 0) is 0 Å². The number of aliphatic carboxylic acids is 2. The van der Waals surface area contributed by atoms with E-state index in [1.807, 2.05) is 0 Å². The normalized spacial score (nSPS) is 8.10. The van der Waals surface area contributed by atoms with Crippen LogP contribution in [0.15, 0.2) is 12.7 Å². The third-order valence-electron chi connectivity index (χ3n) is 0.768. The highest BCUT2D eigenvalue weighted by atomic mass is 27.0. The highest BCUT2D eigenvalue weighted by Gasteiger charge is 2.20. The van der Waals surface area contributed by atoms with Gasteiger partial charge in [0.2, 0.25) is 0 Å². The van der Waals surface area contributed by atoms with Crippen LogP contribution in [0.25, 0.3) is 0 Å². The minimum Gasteiger partial charge on any atom is -0.480 e. The van der Waals surface area contributed by atoms with Crippen LogP contribution < -0.4 is 0 Å². The van der Waals surface area contributed by atoms with Crippen LogP contribution in [0, 0.1) is 5.92 Å². The molecular weight excluding hydrogens is 151 g/mol. The van der Waals surface area contributed by atoms with Crippen LogP contribution >= 0.6 is 0 Å². The fraction of sp³-hybridized carbons (Fsp3) is 0.200. The van der Waals surface area contributed by atoms with Gasteiger partial charge in [0.15, 0.2) is 23.3 Å². The first-order valence-electron chi connectivity index (χ1n) is 2.17. The zero-order chi connectivity index (χ0) is 7.44. The minimum absolute atomic E-state index is 0. The first-order valence-corrected chi connectivity index (χ1v) is 2.17. The quantitative estimate of drug-likeness (QED) is 0.308. The molecule has 0 heterocycles. The molecule has 0 aromatic rings. The van der Waals surface area contributed by atoms with Crippen LogP contribution in [0.3, 0.4) is 0 Å². The van der Waals surface area contributed by atoms with E-state index >= 15 is 0 Å². The van der Waals surface area contributed by atoms with Crippen molar-refractivity contribution in [3.8, 4) is 0 Å². The largest absolute Gasteiger partial charge is 0.480 e. The average molecular weight is 160 g/mol. The van der Waals surface area contributed by atoms with Gasteiger partial charge in [0.05, 0.1) is 0 Å². The summed E-state index contributed by atoms with van der Waals surface area (Å²) in [5.41, 5.74) is 0. The second kappa shape index (κ2) is 5.03. The van der Waals surface area contributed by atoms with Crippen molar-refractivity contribution in [2.45, 2.75) is 0 Å². The molecule has 56 valence electrons. The van der Waals surface area contributed by atoms with E-state index in [9.17, 15) is 9.59 Å². The van der Waals surface area contributed by atoms with Crippen molar-refractivity contribution in [2.24, 2.45) is 5.92 Å². The third kappa shape index (κ3) is 3.28. The van der Waals surface area contributed by atoms with Crippen molar-refractivity contribution < 1.29 is 19.8 Å². The van der Waals surface area contributed by atoms with Crippen LogP contribution in [0.4, 0.5) is 0 Å². The maximum atomic E-state index is 9.92. The molecule has 0 radical (unpaired) electrons. The van der Waals surface area contributed by atoms with E-state index in [0.717, 1.165) is 6.08 Å². The van der Waals surface area contributed by atoms with Gasteiger partial charge in [-0.25, -0.2) is 0 Å². The Hall–Kier alpha value is -0.788. The van der Waals surface area contributed by atoms with Crippen LogP contribution in [-0.2, 0) is 9.59 Å². The number of carboxylic acids is 2. The SMILES string of the molecule is C=CC(C(=O)O)C(=O)O.[AlH3]. The molecule has 10 heavy (non-hydrogen) atoms. The fourth-order valence-corrected chi connectivity index (χ4v) is 0.307. The molecule has 0 bridgehead atoms. The highest BCUT2D eigenvalue weighted by Crippen LogP contribution is 1.96. The van der Waals surface area contributed by atoms with E-state index < -0.39 is 17.9 Å². The second-order valence-electron chi connectivity index (χ2n) is 1.39. The topological polar surface area (TPSA) is 74.6 Å². The van der Waals surface area contributed by atoms with E-state index in [0.29, 0.717) is 0 Å². The summed E-state index contributed by atoms with van der Waals surface area (Å²) in [6, 6.07) is 0. The van der Waals surface area contributed by atoms with Gasteiger partial charge in [-0.3, -0.25) is 9.59 Å². The molecule has 0 saturated heterocycles. The Bertz CT molecular complexity index is 140. The second-order valence-corrected chi connectivity index (χ2v) is 1.39. The molecule has 0 rings (SSSR count). The Morgan fingerprint density at radius 3 is 1.60 bits per heavy atom. The van der Waals surface area contributed by atoms with E-state index in [4.69, 9.17) is 10.2 Å². The number of carboxylic acid groups (broad SMARTS) is 2. The number of rotatable bonds is 3. The molecule has 0 aromatic heterocycles. The van der Waals surface area contributed by atoms with Crippen LogP contribution in [0.1, 0.15) is 0 Å². The highest BCUT2D eigenvalue weighted by molar-refractivity contribution is 5.94. The first-order chi connectivity index (χ1) is 4.09. The smallest absolute Gasteiger partial charge is 0.321 e. The molecule has 0 aromatic carbocycles.